The molecule has 2 aromatic heterocycles. The number of ether oxygens (including phenoxy) is 1. The van der Waals surface area contributed by atoms with Crippen molar-refractivity contribution in [3.8, 4) is 5.75 Å². The molecule has 0 aliphatic heterocycles. The third kappa shape index (κ3) is 3.99. The molecule has 1 N–H and O–H groups in total. The van der Waals surface area contributed by atoms with Crippen LogP contribution >= 0.6 is 11.6 Å². The summed E-state index contributed by atoms with van der Waals surface area (Å²) >= 11 is 6.16. The first kappa shape index (κ1) is 17.6. The van der Waals surface area contributed by atoms with Crippen LogP contribution in [0.5, 0.6) is 5.75 Å². The van der Waals surface area contributed by atoms with Crippen molar-refractivity contribution in [1.82, 2.24) is 14.9 Å². The molecule has 0 aliphatic rings. The average Bonchev–Trinajstić information content (AvgIpc) is 3.30. The molecule has 4 rings (SSSR count). The van der Waals surface area contributed by atoms with Gasteiger partial charge < -0.3 is 19.0 Å². The second kappa shape index (κ2) is 7.86. The maximum absolute atomic E-state index is 6.16. The van der Waals surface area contributed by atoms with Gasteiger partial charge in [0.25, 0.3) is 0 Å². The Kier molecular flexibility index (Phi) is 5.14. The second-order valence-electron chi connectivity index (χ2n) is 6.28. The summed E-state index contributed by atoms with van der Waals surface area (Å²) in [5.74, 6) is 2.64. The normalized spacial score (nSPS) is 11.2. The highest BCUT2D eigenvalue weighted by Crippen LogP contribution is 2.23. The molecule has 5 nitrogen and oxygen atoms in total. The first-order valence-electron chi connectivity index (χ1n) is 8.73. The predicted molar refractivity (Wildman–Crippen MR) is 106 cm³/mol. The lowest BCUT2D eigenvalue weighted by Gasteiger charge is -2.10. The van der Waals surface area contributed by atoms with Crippen molar-refractivity contribution >= 4 is 22.6 Å². The zero-order valence-corrected chi connectivity index (χ0v) is 15.7. The standard InChI is InChI=1S/C21H20ClN3O2/c1-26-17-7-8-20-19(11-17)24-21(13-23-12-18-6-3-9-27-18)25(20)14-15-4-2-5-16(22)10-15/h2-11,23H,12-14H2,1H3. The van der Waals surface area contributed by atoms with E-state index in [4.69, 9.17) is 25.7 Å². The van der Waals surface area contributed by atoms with Crippen molar-refractivity contribution in [2.45, 2.75) is 19.6 Å². The van der Waals surface area contributed by atoms with E-state index < -0.39 is 0 Å². The minimum absolute atomic E-state index is 0.623. The number of furan rings is 1. The number of nitrogens with zero attached hydrogens (tertiary/aromatic N) is 2. The highest BCUT2D eigenvalue weighted by Gasteiger charge is 2.12. The fraction of sp³-hybridized carbons (Fsp3) is 0.190. The lowest BCUT2D eigenvalue weighted by atomic mass is 10.2. The van der Waals surface area contributed by atoms with Gasteiger partial charge in [0.2, 0.25) is 0 Å². The molecule has 0 spiro atoms. The SMILES string of the molecule is COc1ccc2c(c1)nc(CNCc1ccco1)n2Cc1cccc(Cl)c1. The van der Waals surface area contributed by atoms with Crippen molar-refractivity contribution in [3.05, 3.63) is 83.0 Å². The Morgan fingerprint density at radius 1 is 1.11 bits per heavy atom. The van der Waals surface area contributed by atoms with Gasteiger partial charge in [0.1, 0.15) is 17.3 Å². The van der Waals surface area contributed by atoms with E-state index in [1.165, 1.54) is 0 Å². The highest BCUT2D eigenvalue weighted by molar-refractivity contribution is 6.30. The van der Waals surface area contributed by atoms with Gasteiger partial charge in [-0.3, -0.25) is 0 Å². The van der Waals surface area contributed by atoms with Gasteiger partial charge in [-0.25, -0.2) is 4.98 Å². The van der Waals surface area contributed by atoms with Crippen molar-refractivity contribution in [3.63, 3.8) is 0 Å². The number of imidazole rings is 1. The Morgan fingerprint density at radius 3 is 2.81 bits per heavy atom. The summed E-state index contributed by atoms with van der Waals surface area (Å²) in [5, 5.41) is 4.13. The Labute approximate surface area is 162 Å². The van der Waals surface area contributed by atoms with Crippen LogP contribution in [0.25, 0.3) is 11.0 Å². The van der Waals surface area contributed by atoms with Crippen LogP contribution in [0.3, 0.4) is 0 Å². The molecular weight excluding hydrogens is 362 g/mol. The largest absolute Gasteiger partial charge is 0.497 e. The molecule has 6 heteroatoms. The summed E-state index contributed by atoms with van der Waals surface area (Å²) in [4.78, 5) is 4.82. The zero-order valence-electron chi connectivity index (χ0n) is 15.0. The maximum Gasteiger partial charge on any atom is 0.124 e. The molecule has 0 bridgehead atoms. The Balaban J connectivity index is 1.64. The van der Waals surface area contributed by atoms with Gasteiger partial charge in [0.15, 0.2) is 0 Å². The predicted octanol–water partition coefficient (Wildman–Crippen LogP) is 4.63. The Bertz CT molecular complexity index is 1040. The van der Waals surface area contributed by atoms with Crippen LogP contribution in [-0.4, -0.2) is 16.7 Å². The molecule has 4 aromatic rings. The molecule has 0 amide bonds. The van der Waals surface area contributed by atoms with Gasteiger partial charge in [-0.15, -0.1) is 0 Å². The molecule has 0 aliphatic carbocycles. The van der Waals surface area contributed by atoms with E-state index in [0.29, 0.717) is 19.6 Å². The van der Waals surface area contributed by atoms with Crippen molar-refractivity contribution < 1.29 is 9.15 Å². The molecule has 0 fully saturated rings. The van der Waals surface area contributed by atoms with Crippen LogP contribution in [-0.2, 0) is 19.6 Å². The van der Waals surface area contributed by atoms with Gasteiger partial charge >= 0.3 is 0 Å². The third-order valence-electron chi connectivity index (χ3n) is 4.43. The monoisotopic (exact) mass is 381 g/mol. The van der Waals surface area contributed by atoms with Crippen LogP contribution in [0.2, 0.25) is 5.02 Å². The number of rotatable bonds is 7. The van der Waals surface area contributed by atoms with Crippen molar-refractivity contribution in [2.75, 3.05) is 7.11 Å². The fourth-order valence-corrected chi connectivity index (χ4v) is 3.34. The second-order valence-corrected chi connectivity index (χ2v) is 6.72. The molecule has 0 unspecified atom stereocenters. The van der Waals surface area contributed by atoms with E-state index in [1.54, 1.807) is 13.4 Å². The number of benzene rings is 2. The van der Waals surface area contributed by atoms with E-state index in [1.807, 2.05) is 48.5 Å². The van der Waals surface area contributed by atoms with E-state index in [0.717, 1.165) is 39.0 Å². The first-order valence-corrected chi connectivity index (χ1v) is 9.11. The molecule has 0 saturated carbocycles. The van der Waals surface area contributed by atoms with Gasteiger partial charge in [0, 0.05) is 17.6 Å². The van der Waals surface area contributed by atoms with Crippen molar-refractivity contribution in [2.24, 2.45) is 0 Å². The number of nitrogens with one attached hydrogen (secondary N) is 1. The molecule has 2 aromatic carbocycles. The minimum atomic E-state index is 0.623. The van der Waals surface area contributed by atoms with Crippen LogP contribution in [0, 0.1) is 0 Å². The molecule has 0 saturated heterocycles. The molecule has 2 heterocycles. The number of halogens is 1. The zero-order chi connectivity index (χ0) is 18.6. The summed E-state index contributed by atoms with van der Waals surface area (Å²) in [6, 6.07) is 17.7. The van der Waals surface area contributed by atoms with Crippen LogP contribution < -0.4 is 10.1 Å². The smallest absolute Gasteiger partial charge is 0.124 e. The lowest BCUT2D eigenvalue weighted by Crippen LogP contribution is -2.17. The number of hydrogen-bond donors (Lipinski definition) is 1. The van der Waals surface area contributed by atoms with E-state index >= 15 is 0 Å². The number of aromatic nitrogens is 2. The first-order chi connectivity index (χ1) is 13.2. The minimum Gasteiger partial charge on any atom is -0.497 e. The summed E-state index contributed by atoms with van der Waals surface area (Å²) in [6.07, 6.45) is 1.68. The summed E-state index contributed by atoms with van der Waals surface area (Å²) in [6.45, 7) is 1.97. The quantitative estimate of drug-likeness (QED) is 0.507. The van der Waals surface area contributed by atoms with Gasteiger partial charge in [0.05, 0.1) is 37.5 Å². The van der Waals surface area contributed by atoms with E-state index in [9.17, 15) is 0 Å². The van der Waals surface area contributed by atoms with E-state index in [2.05, 4.69) is 16.0 Å². The van der Waals surface area contributed by atoms with Gasteiger partial charge in [-0.1, -0.05) is 23.7 Å². The van der Waals surface area contributed by atoms with E-state index in [-0.39, 0.29) is 0 Å². The summed E-state index contributed by atoms with van der Waals surface area (Å²) in [5.41, 5.74) is 3.10. The molecule has 138 valence electrons. The lowest BCUT2D eigenvalue weighted by molar-refractivity contribution is 0.415. The maximum atomic E-state index is 6.16. The Morgan fingerprint density at radius 2 is 2.04 bits per heavy atom. The summed E-state index contributed by atoms with van der Waals surface area (Å²) in [7, 11) is 1.66. The molecule has 0 radical (unpaired) electrons. The topological polar surface area (TPSA) is 52.2 Å². The summed E-state index contributed by atoms with van der Waals surface area (Å²) < 4.78 is 12.9. The van der Waals surface area contributed by atoms with Crippen molar-refractivity contribution in [1.29, 1.82) is 0 Å². The van der Waals surface area contributed by atoms with Crippen LogP contribution in [0.4, 0.5) is 0 Å². The number of fused-ring (bicyclic) bond motifs is 1. The Hall–Kier alpha value is -2.76. The molecule has 27 heavy (non-hydrogen) atoms. The molecule has 0 atom stereocenters. The number of hydrogen-bond acceptors (Lipinski definition) is 4. The van der Waals surface area contributed by atoms with Crippen LogP contribution in [0.1, 0.15) is 17.1 Å². The fourth-order valence-electron chi connectivity index (χ4n) is 3.13. The average molecular weight is 382 g/mol. The molecular formula is C21H20ClN3O2. The van der Waals surface area contributed by atoms with Gasteiger partial charge in [-0.2, -0.15) is 0 Å². The number of methoxy groups -OCH3 is 1. The van der Waals surface area contributed by atoms with Crippen LogP contribution in [0.15, 0.2) is 65.3 Å². The highest BCUT2D eigenvalue weighted by atomic mass is 35.5. The third-order valence-corrected chi connectivity index (χ3v) is 4.66. The van der Waals surface area contributed by atoms with Gasteiger partial charge in [-0.05, 0) is 42.0 Å².